The Hall–Kier alpha value is -0.950. The zero-order chi connectivity index (χ0) is 10.2. The van der Waals surface area contributed by atoms with Crippen molar-refractivity contribution < 1.29 is 4.28 Å². The third-order valence-corrected chi connectivity index (χ3v) is 2.35. The van der Waals surface area contributed by atoms with Crippen LogP contribution in [0.1, 0.15) is 32.6 Å². The van der Waals surface area contributed by atoms with Gasteiger partial charge in [-0.2, -0.15) is 5.26 Å². The molecule has 0 heterocycles. The van der Waals surface area contributed by atoms with Gasteiger partial charge in [0.2, 0.25) is 0 Å². The zero-order valence-electron chi connectivity index (χ0n) is 8.32. The lowest BCUT2D eigenvalue weighted by Gasteiger charge is -2.10. The van der Waals surface area contributed by atoms with Crippen LogP contribution in [0.3, 0.4) is 0 Å². The summed E-state index contributed by atoms with van der Waals surface area (Å²) in [5.74, 6) is 0.894. The lowest BCUT2D eigenvalue weighted by atomic mass is 9.96. The highest BCUT2D eigenvalue weighted by atomic mass is 32.2. The fourth-order valence-corrected chi connectivity index (χ4v) is 1.57. The smallest absolute Gasteiger partial charge is 0.0873 e. The molecule has 0 spiro atoms. The molecular weight excluding hydrogens is 196 g/mol. The molecule has 14 heavy (non-hydrogen) atoms. The third kappa shape index (κ3) is 3.84. The number of rotatable bonds is 4. The first kappa shape index (κ1) is 11.1. The van der Waals surface area contributed by atoms with Gasteiger partial charge in [-0.15, -0.1) is 0 Å². The normalized spacial score (nSPS) is 18.9. The molecule has 0 aromatic rings. The molecule has 0 aliphatic heterocycles. The quantitative estimate of drug-likeness (QED) is 0.407. The number of hydrogen-bond acceptors (Lipinski definition) is 4. The predicted octanol–water partition coefficient (Wildman–Crippen LogP) is 3.05. The van der Waals surface area contributed by atoms with Crippen molar-refractivity contribution in [3.05, 3.63) is 11.6 Å². The van der Waals surface area contributed by atoms with E-state index in [1.165, 1.54) is 17.6 Å². The minimum Gasteiger partial charge on any atom is -0.322 e. The van der Waals surface area contributed by atoms with Crippen LogP contribution in [-0.4, -0.2) is 11.5 Å². The molecule has 0 saturated carbocycles. The molecular formula is C10H14N2OS. The van der Waals surface area contributed by atoms with Gasteiger partial charge in [-0.25, -0.2) is 0 Å². The lowest BCUT2D eigenvalue weighted by molar-refractivity contribution is 0.404. The SMILES string of the molecule is CCSO/N=C1/C=C(CC#N)CCC1. The van der Waals surface area contributed by atoms with E-state index in [0.29, 0.717) is 6.42 Å². The Morgan fingerprint density at radius 3 is 3.21 bits per heavy atom. The fourth-order valence-electron chi connectivity index (χ4n) is 1.32. The summed E-state index contributed by atoms with van der Waals surface area (Å²) in [5.41, 5.74) is 2.13. The van der Waals surface area contributed by atoms with Crippen LogP contribution in [0.15, 0.2) is 16.8 Å². The van der Waals surface area contributed by atoms with Crippen LogP contribution in [0.5, 0.6) is 0 Å². The summed E-state index contributed by atoms with van der Waals surface area (Å²) in [6.07, 6.45) is 5.56. The molecule has 3 nitrogen and oxygen atoms in total. The summed E-state index contributed by atoms with van der Waals surface area (Å²) in [6.45, 7) is 2.02. The molecule has 0 unspecified atom stereocenters. The molecule has 0 radical (unpaired) electrons. The van der Waals surface area contributed by atoms with E-state index in [0.717, 1.165) is 30.7 Å². The molecule has 4 heteroatoms. The standard InChI is InChI=1S/C10H14N2OS/c1-2-14-13-12-10-5-3-4-9(8-10)6-7-11/h8H,2-6H2,1H3/b12-10+. The van der Waals surface area contributed by atoms with Gasteiger partial charge in [0.15, 0.2) is 0 Å². The van der Waals surface area contributed by atoms with Gasteiger partial charge in [0.1, 0.15) is 0 Å². The largest absolute Gasteiger partial charge is 0.322 e. The summed E-state index contributed by atoms with van der Waals surface area (Å²) in [6, 6.07) is 2.16. The Morgan fingerprint density at radius 2 is 2.50 bits per heavy atom. The van der Waals surface area contributed by atoms with Crippen molar-refractivity contribution in [3.8, 4) is 6.07 Å². The first-order valence-electron chi connectivity index (χ1n) is 4.78. The molecule has 1 aliphatic carbocycles. The van der Waals surface area contributed by atoms with Crippen molar-refractivity contribution in [1.29, 1.82) is 5.26 Å². The molecule has 0 atom stereocenters. The molecule has 1 rings (SSSR count). The second-order valence-corrected chi connectivity index (χ2v) is 4.02. The second-order valence-electron chi connectivity index (χ2n) is 3.05. The van der Waals surface area contributed by atoms with Crippen molar-refractivity contribution in [2.75, 3.05) is 5.75 Å². The summed E-state index contributed by atoms with van der Waals surface area (Å²) in [4.78, 5) is 0. The van der Waals surface area contributed by atoms with Crippen molar-refractivity contribution in [3.63, 3.8) is 0 Å². The Bertz CT molecular complexity index is 278. The summed E-state index contributed by atoms with van der Waals surface area (Å²) in [7, 11) is 0. The molecule has 1 aliphatic rings. The molecule has 76 valence electrons. The van der Waals surface area contributed by atoms with E-state index in [-0.39, 0.29) is 0 Å². The van der Waals surface area contributed by atoms with Crippen LogP contribution in [0.2, 0.25) is 0 Å². The molecule has 0 aromatic heterocycles. The predicted molar refractivity (Wildman–Crippen MR) is 58.8 cm³/mol. The van der Waals surface area contributed by atoms with Crippen molar-refractivity contribution in [1.82, 2.24) is 0 Å². The van der Waals surface area contributed by atoms with Gasteiger partial charge in [-0.1, -0.05) is 17.7 Å². The third-order valence-electron chi connectivity index (χ3n) is 1.93. The Labute approximate surface area is 89.0 Å². The minimum atomic E-state index is 0.514. The van der Waals surface area contributed by atoms with Crippen LogP contribution in [-0.2, 0) is 4.28 Å². The van der Waals surface area contributed by atoms with E-state index in [1.54, 1.807) is 0 Å². The van der Waals surface area contributed by atoms with Gasteiger partial charge in [0, 0.05) is 5.75 Å². The Balaban J connectivity index is 2.49. The monoisotopic (exact) mass is 210 g/mol. The average molecular weight is 210 g/mol. The van der Waals surface area contributed by atoms with E-state index < -0.39 is 0 Å². The van der Waals surface area contributed by atoms with Crippen molar-refractivity contribution in [2.45, 2.75) is 32.6 Å². The lowest BCUT2D eigenvalue weighted by Crippen LogP contribution is -2.03. The maximum Gasteiger partial charge on any atom is 0.0873 e. The summed E-state index contributed by atoms with van der Waals surface area (Å²) < 4.78 is 5.03. The van der Waals surface area contributed by atoms with Gasteiger partial charge >= 0.3 is 0 Å². The van der Waals surface area contributed by atoms with Gasteiger partial charge in [-0.05, 0) is 25.3 Å². The molecule has 0 saturated heterocycles. The average Bonchev–Trinajstić information content (AvgIpc) is 2.19. The number of nitriles is 1. The number of allylic oxidation sites excluding steroid dienone is 2. The first-order chi connectivity index (χ1) is 6.86. The Kier molecular flexibility index (Phi) is 5.16. The van der Waals surface area contributed by atoms with E-state index in [1.807, 2.05) is 13.0 Å². The summed E-state index contributed by atoms with van der Waals surface area (Å²) >= 11 is 1.33. The molecule has 0 bridgehead atoms. The number of nitrogens with zero attached hydrogens (tertiary/aromatic N) is 2. The van der Waals surface area contributed by atoms with Gasteiger partial charge in [-0.3, -0.25) is 0 Å². The van der Waals surface area contributed by atoms with E-state index in [2.05, 4.69) is 11.2 Å². The Morgan fingerprint density at radius 1 is 1.64 bits per heavy atom. The van der Waals surface area contributed by atoms with Crippen molar-refractivity contribution >= 4 is 17.8 Å². The highest BCUT2D eigenvalue weighted by Crippen LogP contribution is 2.19. The second kappa shape index (κ2) is 6.50. The van der Waals surface area contributed by atoms with Crippen LogP contribution >= 0.6 is 12.0 Å². The highest BCUT2D eigenvalue weighted by Gasteiger charge is 2.08. The molecule has 0 fully saturated rings. The van der Waals surface area contributed by atoms with Gasteiger partial charge in [0.05, 0.1) is 30.2 Å². The zero-order valence-corrected chi connectivity index (χ0v) is 9.14. The van der Waals surface area contributed by atoms with Crippen LogP contribution in [0, 0.1) is 11.3 Å². The minimum absolute atomic E-state index is 0.514. The van der Waals surface area contributed by atoms with Crippen LogP contribution < -0.4 is 0 Å². The van der Waals surface area contributed by atoms with Gasteiger partial charge in [0.25, 0.3) is 0 Å². The van der Waals surface area contributed by atoms with E-state index in [4.69, 9.17) is 9.55 Å². The topological polar surface area (TPSA) is 45.4 Å². The molecule has 0 amide bonds. The van der Waals surface area contributed by atoms with Crippen LogP contribution in [0.4, 0.5) is 0 Å². The van der Waals surface area contributed by atoms with E-state index in [9.17, 15) is 0 Å². The highest BCUT2D eigenvalue weighted by molar-refractivity contribution is 7.94. The van der Waals surface area contributed by atoms with Crippen molar-refractivity contribution in [2.24, 2.45) is 5.16 Å². The number of hydrogen-bond donors (Lipinski definition) is 0. The maximum absolute atomic E-state index is 8.55. The van der Waals surface area contributed by atoms with Gasteiger partial charge < -0.3 is 4.28 Å². The first-order valence-corrected chi connectivity index (χ1v) is 5.69. The fraction of sp³-hybridized carbons (Fsp3) is 0.600. The maximum atomic E-state index is 8.55. The number of oxime groups is 1. The van der Waals surface area contributed by atoms with E-state index >= 15 is 0 Å². The molecule has 0 N–H and O–H groups in total. The summed E-state index contributed by atoms with van der Waals surface area (Å²) in [5, 5.41) is 12.6. The molecule has 0 aromatic carbocycles. The van der Waals surface area contributed by atoms with Crippen LogP contribution in [0.25, 0.3) is 0 Å².